The van der Waals surface area contributed by atoms with Crippen LogP contribution in [0.3, 0.4) is 0 Å². The summed E-state index contributed by atoms with van der Waals surface area (Å²) in [4.78, 5) is 23.0. The fraction of sp³-hybridized carbons (Fsp3) is 0.846. The Hall–Kier alpha value is -1.30. The lowest BCUT2D eigenvalue weighted by Gasteiger charge is -2.28. The number of hydrogen-bond donors (Lipinski definition) is 2. The number of amides is 1. The molecule has 0 heterocycles. The fourth-order valence-electron chi connectivity index (χ4n) is 2.17. The fourth-order valence-corrected chi connectivity index (χ4v) is 2.17. The second kappa shape index (κ2) is 6.75. The molecule has 2 atom stereocenters. The number of hydrogen-bond acceptors (Lipinski definition) is 5. The summed E-state index contributed by atoms with van der Waals surface area (Å²) in [6.45, 7) is 5.42. The first-order valence-corrected chi connectivity index (χ1v) is 6.64. The van der Waals surface area contributed by atoms with Crippen LogP contribution in [0.2, 0.25) is 0 Å². The second-order valence-corrected chi connectivity index (χ2v) is 5.85. The molecule has 0 radical (unpaired) electrons. The first-order chi connectivity index (χ1) is 8.81. The van der Waals surface area contributed by atoms with Crippen LogP contribution in [-0.2, 0) is 14.3 Å². The maximum absolute atomic E-state index is 11.5. The molecule has 19 heavy (non-hydrogen) atoms. The van der Waals surface area contributed by atoms with Gasteiger partial charge < -0.3 is 9.47 Å². The van der Waals surface area contributed by atoms with Crippen molar-refractivity contribution in [2.45, 2.75) is 58.1 Å². The van der Waals surface area contributed by atoms with Gasteiger partial charge in [0, 0.05) is 6.04 Å². The molecule has 1 amide bonds. The Morgan fingerprint density at radius 2 is 1.89 bits per heavy atom. The Balaban J connectivity index is 2.33. The summed E-state index contributed by atoms with van der Waals surface area (Å²) in [5.41, 5.74) is 4.92. The molecule has 0 aliphatic heterocycles. The predicted molar refractivity (Wildman–Crippen MR) is 70.3 cm³/mol. The number of nitrogens with one attached hydrogen (secondary N) is 2. The van der Waals surface area contributed by atoms with E-state index in [9.17, 15) is 9.59 Å². The van der Waals surface area contributed by atoms with Gasteiger partial charge in [0.1, 0.15) is 5.60 Å². The Kier molecular flexibility index (Phi) is 5.60. The first-order valence-electron chi connectivity index (χ1n) is 6.64. The van der Waals surface area contributed by atoms with Crippen molar-refractivity contribution in [3.05, 3.63) is 0 Å². The Labute approximate surface area is 114 Å². The van der Waals surface area contributed by atoms with Gasteiger partial charge in [-0.05, 0) is 40.0 Å². The maximum Gasteiger partial charge on any atom is 0.422 e. The third-order valence-corrected chi connectivity index (χ3v) is 2.99. The molecular formula is C13H24N2O4. The molecule has 1 aliphatic carbocycles. The zero-order valence-electron chi connectivity index (χ0n) is 12.1. The quantitative estimate of drug-likeness (QED) is 0.604. The molecule has 6 heteroatoms. The highest BCUT2D eigenvalue weighted by Crippen LogP contribution is 2.24. The van der Waals surface area contributed by atoms with Crippen LogP contribution in [0.25, 0.3) is 0 Å². The molecule has 0 spiro atoms. The van der Waals surface area contributed by atoms with Crippen molar-refractivity contribution in [2.24, 2.45) is 5.92 Å². The van der Waals surface area contributed by atoms with Crippen LogP contribution in [0.5, 0.6) is 0 Å². The number of carbonyl (C=O) groups is 2. The number of esters is 1. The normalized spacial score (nSPS) is 23.6. The van der Waals surface area contributed by atoms with E-state index in [0.717, 1.165) is 19.3 Å². The molecule has 1 rings (SSSR count). The highest BCUT2D eigenvalue weighted by molar-refractivity contribution is 5.72. The van der Waals surface area contributed by atoms with Gasteiger partial charge in [-0.25, -0.2) is 10.2 Å². The van der Waals surface area contributed by atoms with Crippen molar-refractivity contribution in [3.8, 4) is 0 Å². The topological polar surface area (TPSA) is 76.7 Å². The minimum atomic E-state index is -0.521. The van der Waals surface area contributed by atoms with Crippen LogP contribution in [0.15, 0.2) is 0 Å². The smallest absolute Gasteiger partial charge is 0.422 e. The molecule has 2 unspecified atom stereocenters. The summed E-state index contributed by atoms with van der Waals surface area (Å²) in [5, 5.41) is 0. The zero-order valence-corrected chi connectivity index (χ0v) is 12.1. The van der Waals surface area contributed by atoms with Gasteiger partial charge in [-0.3, -0.25) is 10.2 Å². The molecule has 0 saturated heterocycles. The molecular weight excluding hydrogens is 248 g/mol. The predicted octanol–water partition coefficient (Wildman–Crippen LogP) is 1.75. The van der Waals surface area contributed by atoms with Gasteiger partial charge in [-0.1, -0.05) is 6.42 Å². The standard InChI is InChI=1S/C13H24N2O4/c1-13(2,3)19-12(17)15-14-10-7-5-6-9(8-10)11(16)18-4/h9-10,14H,5-8H2,1-4H3,(H,15,17). The summed E-state index contributed by atoms with van der Waals surface area (Å²) in [6.07, 6.45) is 2.86. The molecule has 1 aliphatic rings. The highest BCUT2D eigenvalue weighted by Gasteiger charge is 2.28. The third kappa shape index (κ3) is 5.92. The van der Waals surface area contributed by atoms with E-state index in [1.807, 2.05) is 0 Å². The lowest BCUT2D eigenvalue weighted by molar-refractivity contribution is -0.146. The zero-order chi connectivity index (χ0) is 14.5. The van der Waals surface area contributed by atoms with Crippen molar-refractivity contribution in [2.75, 3.05) is 7.11 Å². The van der Waals surface area contributed by atoms with E-state index >= 15 is 0 Å². The molecule has 0 aromatic carbocycles. The summed E-state index contributed by atoms with van der Waals surface area (Å²) >= 11 is 0. The van der Waals surface area contributed by atoms with Crippen molar-refractivity contribution < 1.29 is 19.1 Å². The van der Waals surface area contributed by atoms with Gasteiger partial charge >= 0.3 is 12.1 Å². The molecule has 6 nitrogen and oxygen atoms in total. The lowest BCUT2D eigenvalue weighted by atomic mass is 9.86. The summed E-state index contributed by atoms with van der Waals surface area (Å²) < 4.78 is 9.87. The van der Waals surface area contributed by atoms with E-state index in [1.54, 1.807) is 20.8 Å². The maximum atomic E-state index is 11.5. The Morgan fingerprint density at radius 3 is 2.47 bits per heavy atom. The third-order valence-electron chi connectivity index (χ3n) is 2.99. The van der Waals surface area contributed by atoms with Gasteiger partial charge in [0.15, 0.2) is 0 Å². The number of hydrazine groups is 1. The summed E-state index contributed by atoms with van der Waals surface area (Å²) in [6, 6.07) is 0.0744. The van der Waals surface area contributed by atoms with E-state index in [2.05, 4.69) is 10.9 Å². The van der Waals surface area contributed by atoms with E-state index in [1.165, 1.54) is 7.11 Å². The van der Waals surface area contributed by atoms with Crippen LogP contribution in [0.1, 0.15) is 46.5 Å². The van der Waals surface area contributed by atoms with Crippen molar-refractivity contribution in [1.82, 2.24) is 10.9 Å². The summed E-state index contributed by atoms with van der Waals surface area (Å²) in [5.74, 6) is -0.263. The molecule has 1 saturated carbocycles. The van der Waals surface area contributed by atoms with Gasteiger partial charge in [0.2, 0.25) is 0 Å². The van der Waals surface area contributed by atoms with Crippen LogP contribution in [-0.4, -0.2) is 30.8 Å². The molecule has 0 aromatic heterocycles. The van der Waals surface area contributed by atoms with Crippen molar-refractivity contribution in [1.29, 1.82) is 0 Å². The van der Waals surface area contributed by atoms with E-state index in [0.29, 0.717) is 6.42 Å². The second-order valence-electron chi connectivity index (χ2n) is 5.85. The highest BCUT2D eigenvalue weighted by atomic mass is 16.6. The molecule has 0 aromatic rings. The minimum Gasteiger partial charge on any atom is -0.469 e. The lowest BCUT2D eigenvalue weighted by Crippen LogP contribution is -2.48. The van der Waals surface area contributed by atoms with Crippen LogP contribution in [0, 0.1) is 5.92 Å². The van der Waals surface area contributed by atoms with E-state index < -0.39 is 11.7 Å². The minimum absolute atomic E-state index is 0.0744. The summed E-state index contributed by atoms with van der Waals surface area (Å²) in [7, 11) is 1.40. The number of methoxy groups -OCH3 is 1. The number of ether oxygens (including phenoxy) is 2. The van der Waals surface area contributed by atoms with Gasteiger partial charge in [0.25, 0.3) is 0 Å². The molecule has 0 bridgehead atoms. The largest absolute Gasteiger partial charge is 0.469 e. The van der Waals surface area contributed by atoms with Gasteiger partial charge in [0.05, 0.1) is 13.0 Å². The SMILES string of the molecule is COC(=O)C1CCCC(NNC(=O)OC(C)(C)C)C1. The van der Waals surface area contributed by atoms with Crippen LogP contribution in [0.4, 0.5) is 4.79 Å². The first kappa shape index (κ1) is 15.8. The van der Waals surface area contributed by atoms with Gasteiger partial charge in [-0.15, -0.1) is 0 Å². The van der Waals surface area contributed by atoms with E-state index in [-0.39, 0.29) is 17.9 Å². The number of rotatable bonds is 3. The molecule has 2 N–H and O–H groups in total. The Morgan fingerprint density at radius 1 is 1.21 bits per heavy atom. The molecule has 1 fully saturated rings. The van der Waals surface area contributed by atoms with E-state index in [4.69, 9.17) is 9.47 Å². The van der Waals surface area contributed by atoms with Crippen molar-refractivity contribution in [3.63, 3.8) is 0 Å². The number of carbonyl (C=O) groups excluding carboxylic acids is 2. The van der Waals surface area contributed by atoms with Gasteiger partial charge in [-0.2, -0.15) is 0 Å². The average Bonchev–Trinajstić information content (AvgIpc) is 2.34. The van der Waals surface area contributed by atoms with Crippen LogP contribution < -0.4 is 10.9 Å². The average molecular weight is 272 g/mol. The van der Waals surface area contributed by atoms with Crippen molar-refractivity contribution >= 4 is 12.1 Å². The Bertz CT molecular complexity index is 325. The van der Waals surface area contributed by atoms with Crippen LogP contribution >= 0.6 is 0 Å². The monoisotopic (exact) mass is 272 g/mol. The molecule has 110 valence electrons.